The van der Waals surface area contributed by atoms with Gasteiger partial charge < -0.3 is 10.6 Å². The molecule has 0 aromatic carbocycles. The van der Waals surface area contributed by atoms with E-state index in [0.29, 0.717) is 24.1 Å². The fraction of sp³-hybridized carbons (Fsp3) is 0.562. The third kappa shape index (κ3) is 2.64. The average Bonchev–Trinajstić information content (AvgIpc) is 2.96. The lowest BCUT2D eigenvalue weighted by molar-refractivity contribution is -0.127. The molecule has 1 aliphatic rings. The topological polar surface area (TPSA) is 76.3 Å². The van der Waals surface area contributed by atoms with Crippen LogP contribution in [0.2, 0.25) is 0 Å². The number of aryl methyl sites for hydroxylation is 2. The van der Waals surface area contributed by atoms with Crippen LogP contribution in [0.5, 0.6) is 0 Å². The van der Waals surface area contributed by atoms with Crippen LogP contribution in [-0.4, -0.2) is 34.3 Å². The quantitative estimate of drug-likeness (QED) is 0.918. The second-order valence-electron chi connectivity index (χ2n) is 5.76. The second kappa shape index (κ2) is 5.84. The van der Waals surface area contributed by atoms with Crippen LogP contribution in [0, 0.1) is 6.92 Å². The standard InChI is InChI=1S/C16H23N3O2/c1-4-12-7-8-13(11(2)18-12)14(20)19(3)16(15(17)21)9-5-6-10-16/h7-8H,4-6,9-10H2,1-3H3,(H2,17,21). The molecular weight excluding hydrogens is 266 g/mol. The van der Waals surface area contributed by atoms with E-state index in [4.69, 9.17) is 5.73 Å². The van der Waals surface area contributed by atoms with E-state index in [1.807, 2.05) is 19.9 Å². The van der Waals surface area contributed by atoms with Crippen molar-refractivity contribution in [3.05, 3.63) is 29.1 Å². The molecule has 21 heavy (non-hydrogen) atoms. The highest BCUT2D eigenvalue weighted by atomic mass is 16.2. The monoisotopic (exact) mass is 289 g/mol. The molecule has 0 unspecified atom stereocenters. The Morgan fingerprint density at radius 2 is 1.95 bits per heavy atom. The van der Waals surface area contributed by atoms with Gasteiger partial charge in [-0.15, -0.1) is 0 Å². The number of likely N-dealkylation sites (N-methyl/N-ethyl adjacent to an activating group) is 1. The molecule has 0 radical (unpaired) electrons. The number of amides is 2. The molecule has 0 spiro atoms. The first-order valence-corrected chi connectivity index (χ1v) is 7.47. The first-order chi connectivity index (χ1) is 9.92. The Bertz CT molecular complexity index is 563. The van der Waals surface area contributed by atoms with E-state index >= 15 is 0 Å². The normalized spacial score (nSPS) is 16.7. The maximum atomic E-state index is 12.7. The smallest absolute Gasteiger partial charge is 0.256 e. The summed E-state index contributed by atoms with van der Waals surface area (Å²) in [6, 6.07) is 3.66. The molecule has 5 nitrogen and oxygen atoms in total. The minimum Gasteiger partial charge on any atom is -0.368 e. The van der Waals surface area contributed by atoms with E-state index in [1.54, 1.807) is 13.1 Å². The van der Waals surface area contributed by atoms with Crippen LogP contribution in [0.15, 0.2) is 12.1 Å². The van der Waals surface area contributed by atoms with Crippen LogP contribution in [-0.2, 0) is 11.2 Å². The lowest BCUT2D eigenvalue weighted by atomic mass is 9.93. The molecule has 5 heteroatoms. The van der Waals surface area contributed by atoms with Gasteiger partial charge in [0.1, 0.15) is 5.54 Å². The minimum absolute atomic E-state index is 0.177. The molecule has 0 saturated heterocycles. The summed E-state index contributed by atoms with van der Waals surface area (Å²) in [6.45, 7) is 3.85. The Balaban J connectivity index is 2.32. The van der Waals surface area contributed by atoms with Crippen molar-refractivity contribution >= 4 is 11.8 Å². The molecule has 0 atom stereocenters. The van der Waals surface area contributed by atoms with Gasteiger partial charge in [-0.3, -0.25) is 14.6 Å². The van der Waals surface area contributed by atoms with Crippen LogP contribution >= 0.6 is 0 Å². The van der Waals surface area contributed by atoms with Crippen LogP contribution in [0.3, 0.4) is 0 Å². The number of hydrogen-bond donors (Lipinski definition) is 1. The third-order valence-corrected chi connectivity index (χ3v) is 4.57. The Morgan fingerprint density at radius 1 is 1.33 bits per heavy atom. The van der Waals surface area contributed by atoms with Crippen molar-refractivity contribution in [1.29, 1.82) is 0 Å². The SMILES string of the molecule is CCc1ccc(C(=O)N(C)C2(C(N)=O)CCCC2)c(C)n1. The number of carbonyl (C=O) groups is 2. The molecular formula is C16H23N3O2. The molecule has 1 saturated carbocycles. The summed E-state index contributed by atoms with van der Waals surface area (Å²) < 4.78 is 0. The summed E-state index contributed by atoms with van der Waals surface area (Å²) in [7, 11) is 1.67. The van der Waals surface area contributed by atoms with Gasteiger partial charge in [-0.25, -0.2) is 0 Å². The zero-order valence-corrected chi connectivity index (χ0v) is 13.0. The van der Waals surface area contributed by atoms with Crippen molar-refractivity contribution in [2.24, 2.45) is 5.73 Å². The van der Waals surface area contributed by atoms with Crippen molar-refractivity contribution in [2.45, 2.75) is 51.5 Å². The van der Waals surface area contributed by atoms with Gasteiger partial charge in [0.2, 0.25) is 5.91 Å². The summed E-state index contributed by atoms with van der Waals surface area (Å²) in [5.41, 5.74) is 6.94. The Hall–Kier alpha value is -1.91. The highest BCUT2D eigenvalue weighted by Crippen LogP contribution is 2.35. The number of primary amides is 1. The number of nitrogens with zero attached hydrogens (tertiary/aromatic N) is 2. The van der Waals surface area contributed by atoms with Gasteiger partial charge in [0.05, 0.1) is 11.3 Å². The van der Waals surface area contributed by atoms with Crippen LogP contribution < -0.4 is 5.73 Å². The molecule has 0 bridgehead atoms. The zero-order chi connectivity index (χ0) is 15.6. The predicted molar refractivity (Wildman–Crippen MR) is 80.8 cm³/mol. The van der Waals surface area contributed by atoms with E-state index < -0.39 is 11.4 Å². The maximum absolute atomic E-state index is 12.7. The lowest BCUT2D eigenvalue weighted by Crippen LogP contribution is -2.56. The molecule has 1 aromatic rings. The van der Waals surface area contributed by atoms with Crippen LogP contribution in [0.25, 0.3) is 0 Å². The molecule has 114 valence electrons. The van der Waals surface area contributed by atoms with Gasteiger partial charge in [-0.05, 0) is 38.3 Å². The number of hydrogen-bond acceptors (Lipinski definition) is 3. The molecule has 2 rings (SSSR count). The van der Waals surface area contributed by atoms with Crippen LogP contribution in [0.4, 0.5) is 0 Å². The Labute approximate surface area is 125 Å². The minimum atomic E-state index is -0.840. The summed E-state index contributed by atoms with van der Waals surface area (Å²) in [4.78, 5) is 30.6. The molecule has 2 amide bonds. The molecule has 1 aliphatic carbocycles. The molecule has 1 aromatic heterocycles. The summed E-state index contributed by atoms with van der Waals surface area (Å²) >= 11 is 0. The first-order valence-electron chi connectivity index (χ1n) is 7.47. The van der Waals surface area contributed by atoms with E-state index in [9.17, 15) is 9.59 Å². The summed E-state index contributed by atoms with van der Waals surface area (Å²) in [5.74, 6) is -0.588. The number of aromatic nitrogens is 1. The van der Waals surface area contributed by atoms with Gasteiger partial charge in [-0.1, -0.05) is 19.8 Å². The van der Waals surface area contributed by atoms with Crippen molar-refractivity contribution < 1.29 is 9.59 Å². The predicted octanol–water partition coefficient (Wildman–Crippen LogP) is 1.82. The van der Waals surface area contributed by atoms with Crippen molar-refractivity contribution in [3.63, 3.8) is 0 Å². The fourth-order valence-electron chi connectivity index (χ4n) is 3.12. The average molecular weight is 289 g/mol. The highest BCUT2D eigenvalue weighted by molar-refractivity contribution is 5.99. The van der Waals surface area contributed by atoms with Gasteiger partial charge in [0.25, 0.3) is 5.91 Å². The largest absolute Gasteiger partial charge is 0.368 e. The van der Waals surface area contributed by atoms with Gasteiger partial charge in [0, 0.05) is 12.7 Å². The number of carbonyl (C=O) groups excluding carboxylic acids is 2. The number of pyridine rings is 1. The summed E-state index contributed by atoms with van der Waals surface area (Å²) in [6.07, 6.45) is 3.96. The van der Waals surface area contributed by atoms with Gasteiger partial charge in [0.15, 0.2) is 0 Å². The number of rotatable bonds is 4. The van der Waals surface area contributed by atoms with E-state index in [1.165, 1.54) is 4.90 Å². The van der Waals surface area contributed by atoms with Crippen molar-refractivity contribution in [3.8, 4) is 0 Å². The summed E-state index contributed by atoms with van der Waals surface area (Å²) in [5, 5.41) is 0. The molecule has 2 N–H and O–H groups in total. The lowest BCUT2D eigenvalue weighted by Gasteiger charge is -2.36. The molecule has 1 heterocycles. The van der Waals surface area contributed by atoms with E-state index in [-0.39, 0.29) is 5.91 Å². The highest BCUT2D eigenvalue weighted by Gasteiger charge is 2.45. The third-order valence-electron chi connectivity index (χ3n) is 4.57. The van der Waals surface area contributed by atoms with Gasteiger partial charge in [-0.2, -0.15) is 0 Å². The van der Waals surface area contributed by atoms with E-state index in [0.717, 1.165) is 25.0 Å². The van der Waals surface area contributed by atoms with E-state index in [2.05, 4.69) is 4.98 Å². The molecule has 1 fully saturated rings. The number of nitrogens with two attached hydrogens (primary N) is 1. The van der Waals surface area contributed by atoms with Crippen LogP contribution in [0.1, 0.15) is 54.4 Å². The fourth-order valence-corrected chi connectivity index (χ4v) is 3.12. The molecule has 0 aliphatic heterocycles. The van der Waals surface area contributed by atoms with Crippen molar-refractivity contribution in [2.75, 3.05) is 7.05 Å². The Morgan fingerprint density at radius 3 is 2.43 bits per heavy atom. The maximum Gasteiger partial charge on any atom is 0.256 e. The second-order valence-corrected chi connectivity index (χ2v) is 5.76. The van der Waals surface area contributed by atoms with Gasteiger partial charge >= 0.3 is 0 Å². The zero-order valence-electron chi connectivity index (χ0n) is 13.0. The van der Waals surface area contributed by atoms with Crippen molar-refractivity contribution in [1.82, 2.24) is 9.88 Å². The Kier molecular flexibility index (Phi) is 4.30. The first kappa shape index (κ1) is 15.5.